The molecule has 0 aliphatic carbocycles. The number of phenols is 1. The van der Waals surface area contributed by atoms with Crippen LogP contribution in [0.1, 0.15) is 41.5 Å². The highest BCUT2D eigenvalue weighted by Gasteiger charge is 2.18. The maximum atomic E-state index is 12.7. The van der Waals surface area contributed by atoms with Crippen LogP contribution in [-0.4, -0.2) is 32.9 Å². The second-order valence-electron chi connectivity index (χ2n) is 6.24. The van der Waals surface area contributed by atoms with Gasteiger partial charge in [-0.15, -0.1) is 11.3 Å². The SMILES string of the molecule is CC(C)c1ccc(O)c(C(=O)N(C)Cc2nc3ccsc3c(=O)[nH]2)c1. The van der Waals surface area contributed by atoms with E-state index in [1.165, 1.54) is 22.3 Å². The molecule has 0 radical (unpaired) electrons. The number of aromatic hydroxyl groups is 1. The summed E-state index contributed by atoms with van der Waals surface area (Å²) in [6.45, 7) is 4.19. The number of aromatic amines is 1. The van der Waals surface area contributed by atoms with Gasteiger partial charge in [-0.25, -0.2) is 4.98 Å². The standard InChI is InChI=1S/C18H19N3O3S/c1-10(2)11-4-5-14(22)12(8-11)18(24)21(3)9-15-19-13-6-7-25-16(13)17(23)20-15/h4-8,10,22H,9H2,1-3H3,(H,19,20,23). The van der Waals surface area contributed by atoms with Gasteiger partial charge in [0.05, 0.1) is 17.6 Å². The van der Waals surface area contributed by atoms with Crippen LogP contribution < -0.4 is 5.56 Å². The molecule has 2 aromatic heterocycles. The molecule has 2 heterocycles. The van der Waals surface area contributed by atoms with E-state index in [2.05, 4.69) is 9.97 Å². The fraction of sp³-hybridized carbons (Fsp3) is 0.278. The number of nitrogens with zero attached hydrogens (tertiary/aromatic N) is 2. The van der Waals surface area contributed by atoms with Crippen LogP contribution in [0.2, 0.25) is 0 Å². The maximum Gasteiger partial charge on any atom is 0.268 e. The lowest BCUT2D eigenvalue weighted by Gasteiger charge is -2.18. The van der Waals surface area contributed by atoms with Crippen LogP contribution in [0.15, 0.2) is 34.4 Å². The average molecular weight is 357 g/mol. The van der Waals surface area contributed by atoms with E-state index in [4.69, 9.17) is 0 Å². The summed E-state index contributed by atoms with van der Waals surface area (Å²) in [4.78, 5) is 33.2. The second-order valence-corrected chi connectivity index (χ2v) is 7.16. The molecule has 0 aliphatic rings. The van der Waals surface area contributed by atoms with Crippen molar-refractivity contribution < 1.29 is 9.90 Å². The Kier molecular flexibility index (Phi) is 4.59. The number of thiophene rings is 1. The van der Waals surface area contributed by atoms with Crippen LogP contribution >= 0.6 is 11.3 Å². The molecular formula is C18H19N3O3S. The number of fused-ring (bicyclic) bond motifs is 1. The number of benzene rings is 1. The van der Waals surface area contributed by atoms with Gasteiger partial charge in [-0.1, -0.05) is 19.9 Å². The molecule has 130 valence electrons. The Morgan fingerprint density at radius 1 is 1.36 bits per heavy atom. The van der Waals surface area contributed by atoms with Crippen LogP contribution in [-0.2, 0) is 6.54 Å². The first kappa shape index (κ1) is 17.2. The number of carbonyl (C=O) groups is 1. The van der Waals surface area contributed by atoms with E-state index in [1.807, 2.05) is 13.8 Å². The van der Waals surface area contributed by atoms with E-state index in [-0.39, 0.29) is 35.2 Å². The molecule has 0 spiro atoms. The number of aromatic nitrogens is 2. The van der Waals surface area contributed by atoms with Gasteiger partial charge in [-0.2, -0.15) is 0 Å². The molecule has 0 fully saturated rings. The van der Waals surface area contributed by atoms with Crippen molar-refractivity contribution in [3.8, 4) is 5.75 Å². The number of rotatable bonds is 4. The molecule has 0 aliphatic heterocycles. The minimum Gasteiger partial charge on any atom is -0.507 e. The zero-order chi connectivity index (χ0) is 18.1. The van der Waals surface area contributed by atoms with Crippen molar-refractivity contribution in [3.63, 3.8) is 0 Å². The van der Waals surface area contributed by atoms with E-state index < -0.39 is 0 Å². The Bertz CT molecular complexity index is 991. The Morgan fingerprint density at radius 3 is 2.84 bits per heavy atom. The lowest BCUT2D eigenvalue weighted by Crippen LogP contribution is -2.28. The normalized spacial score (nSPS) is 11.2. The number of hydrogen-bond donors (Lipinski definition) is 2. The fourth-order valence-corrected chi connectivity index (χ4v) is 3.31. The summed E-state index contributed by atoms with van der Waals surface area (Å²) < 4.78 is 0.569. The highest BCUT2D eigenvalue weighted by atomic mass is 32.1. The molecule has 3 aromatic rings. The third-order valence-electron chi connectivity index (χ3n) is 4.02. The first-order valence-electron chi connectivity index (χ1n) is 7.91. The number of H-pyrrole nitrogens is 1. The molecule has 1 amide bonds. The Morgan fingerprint density at radius 2 is 2.12 bits per heavy atom. The largest absolute Gasteiger partial charge is 0.507 e. The Labute approximate surface area is 148 Å². The average Bonchev–Trinajstić information content (AvgIpc) is 3.03. The summed E-state index contributed by atoms with van der Waals surface area (Å²) in [6, 6.07) is 6.82. The molecule has 0 bridgehead atoms. The van der Waals surface area contributed by atoms with Gasteiger partial charge in [0.15, 0.2) is 0 Å². The first-order valence-corrected chi connectivity index (χ1v) is 8.79. The van der Waals surface area contributed by atoms with Gasteiger partial charge in [0.25, 0.3) is 11.5 Å². The molecule has 0 saturated heterocycles. The van der Waals surface area contributed by atoms with Crippen molar-refractivity contribution in [2.24, 2.45) is 0 Å². The minimum atomic E-state index is -0.326. The summed E-state index contributed by atoms with van der Waals surface area (Å²) in [6.07, 6.45) is 0. The molecule has 25 heavy (non-hydrogen) atoms. The molecule has 6 nitrogen and oxygen atoms in total. The van der Waals surface area contributed by atoms with E-state index in [0.717, 1.165) is 5.56 Å². The molecule has 0 unspecified atom stereocenters. The summed E-state index contributed by atoms with van der Waals surface area (Å²) in [7, 11) is 1.61. The van der Waals surface area contributed by atoms with E-state index in [9.17, 15) is 14.7 Å². The van der Waals surface area contributed by atoms with Gasteiger partial charge < -0.3 is 15.0 Å². The molecule has 0 atom stereocenters. The molecule has 0 saturated carbocycles. The molecule has 3 rings (SSSR count). The highest BCUT2D eigenvalue weighted by Crippen LogP contribution is 2.24. The number of hydrogen-bond acceptors (Lipinski definition) is 5. The summed E-state index contributed by atoms with van der Waals surface area (Å²) in [5.41, 5.74) is 1.63. The fourth-order valence-electron chi connectivity index (χ4n) is 2.58. The summed E-state index contributed by atoms with van der Waals surface area (Å²) >= 11 is 1.33. The summed E-state index contributed by atoms with van der Waals surface area (Å²) in [5, 5.41) is 11.8. The topological polar surface area (TPSA) is 86.3 Å². The quantitative estimate of drug-likeness (QED) is 0.751. The van der Waals surface area contributed by atoms with Crippen LogP contribution in [0.3, 0.4) is 0 Å². The number of phenolic OH excluding ortho intramolecular Hbond substituents is 1. The second kappa shape index (κ2) is 6.68. The van der Waals surface area contributed by atoms with Gasteiger partial charge in [0, 0.05) is 7.05 Å². The lowest BCUT2D eigenvalue weighted by atomic mass is 10.00. The number of carbonyl (C=O) groups excluding carboxylic acids is 1. The van der Waals surface area contributed by atoms with Gasteiger partial charge >= 0.3 is 0 Å². The van der Waals surface area contributed by atoms with Crippen molar-refractivity contribution >= 4 is 27.5 Å². The molecular weight excluding hydrogens is 338 g/mol. The van der Waals surface area contributed by atoms with E-state index >= 15 is 0 Å². The van der Waals surface area contributed by atoms with Crippen molar-refractivity contribution in [1.82, 2.24) is 14.9 Å². The van der Waals surface area contributed by atoms with Gasteiger partial charge in [0.1, 0.15) is 16.3 Å². The van der Waals surface area contributed by atoms with Gasteiger partial charge in [-0.05, 0) is 35.1 Å². The predicted molar refractivity (Wildman–Crippen MR) is 98.2 cm³/mol. The zero-order valence-corrected chi connectivity index (χ0v) is 15.1. The Balaban J connectivity index is 1.87. The van der Waals surface area contributed by atoms with Crippen LogP contribution in [0.4, 0.5) is 0 Å². The summed E-state index contributed by atoms with van der Waals surface area (Å²) in [5.74, 6) is 0.270. The lowest BCUT2D eigenvalue weighted by molar-refractivity contribution is 0.0778. The van der Waals surface area contributed by atoms with Crippen LogP contribution in [0, 0.1) is 0 Å². The van der Waals surface area contributed by atoms with Crippen molar-refractivity contribution in [3.05, 3.63) is 57.0 Å². The van der Waals surface area contributed by atoms with Crippen molar-refractivity contribution in [2.45, 2.75) is 26.3 Å². The number of amides is 1. The first-order chi connectivity index (χ1) is 11.9. The molecule has 1 aromatic carbocycles. The zero-order valence-electron chi connectivity index (χ0n) is 14.2. The highest BCUT2D eigenvalue weighted by molar-refractivity contribution is 7.17. The third-order valence-corrected chi connectivity index (χ3v) is 4.92. The number of nitrogens with one attached hydrogen (secondary N) is 1. The van der Waals surface area contributed by atoms with Crippen LogP contribution in [0.25, 0.3) is 10.2 Å². The van der Waals surface area contributed by atoms with Crippen molar-refractivity contribution in [1.29, 1.82) is 0 Å². The molecule has 7 heteroatoms. The molecule has 2 N–H and O–H groups in total. The van der Waals surface area contributed by atoms with E-state index in [1.54, 1.807) is 30.6 Å². The van der Waals surface area contributed by atoms with Gasteiger partial charge in [0.2, 0.25) is 0 Å². The minimum absolute atomic E-state index is 0.0593. The Hall–Kier alpha value is -2.67. The van der Waals surface area contributed by atoms with Gasteiger partial charge in [-0.3, -0.25) is 9.59 Å². The van der Waals surface area contributed by atoms with Crippen LogP contribution in [0.5, 0.6) is 5.75 Å². The monoisotopic (exact) mass is 357 g/mol. The maximum absolute atomic E-state index is 12.7. The predicted octanol–water partition coefficient (Wildman–Crippen LogP) is 3.09. The third kappa shape index (κ3) is 3.41. The smallest absolute Gasteiger partial charge is 0.268 e. The van der Waals surface area contributed by atoms with E-state index in [0.29, 0.717) is 16.0 Å². The van der Waals surface area contributed by atoms with Crippen molar-refractivity contribution in [2.75, 3.05) is 7.05 Å².